The molecule has 3 aromatic rings. The van der Waals surface area contributed by atoms with Crippen molar-refractivity contribution in [3.63, 3.8) is 0 Å². The van der Waals surface area contributed by atoms with Crippen molar-refractivity contribution >= 4 is 16.9 Å². The Kier molecular flexibility index (Phi) is 4.15. The van der Waals surface area contributed by atoms with Crippen LogP contribution in [0.5, 0.6) is 0 Å². The molecule has 0 N–H and O–H groups in total. The van der Waals surface area contributed by atoms with E-state index in [1.54, 1.807) is 7.05 Å². The molecule has 3 heterocycles. The van der Waals surface area contributed by atoms with Gasteiger partial charge in [0.15, 0.2) is 11.6 Å². The molecule has 4 rings (SSSR count). The van der Waals surface area contributed by atoms with E-state index in [0.717, 1.165) is 44.5 Å². The highest BCUT2D eigenvalue weighted by molar-refractivity contribution is 5.91. The maximum atomic E-state index is 13.9. The van der Waals surface area contributed by atoms with Crippen LogP contribution in [0.1, 0.15) is 24.8 Å². The van der Waals surface area contributed by atoms with Gasteiger partial charge in [0, 0.05) is 26.2 Å². The van der Waals surface area contributed by atoms with Crippen molar-refractivity contribution in [2.45, 2.75) is 19.3 Å². The van der Waals surface area contributed by atoms with E-state index < -0.39 is 11.6 Å². The number of piperidine rings is 1. The van der Waals surface area contributed by atoms with Crippen molar-refractivity contribution in [2.75, 3.05) is 18.0 Å². The number of fused-ring (bicyclic) bond motifs is 1. The lowest BCUT2D eigenvalue weighted by Crippen LogP contribution is -2.32. The number of benzene rings is 1. The van der Waals surface area contributed by atoms with Gasteiger partial charge < -0.3 is 9.47 Å². The summed E-state index contributed by atoms with van der Waals surface area (Å²) in [5, 5.41) is 9.79. The van der Waals surface area contributed by atoms with Gasteiger partial charge in [-0.1, -0.05) is 0 Å². The third-order valence-corrected chi connectivity index (χ3v) is 4.93. The van der Waals surface area contributed by atoms with Crippen molar-refractivity contribution in [1.82, 2.24) is 14.1 Å². The number of rotatable bonds is 2. The van der Waals surface area contributed by atoms with Crippen LogP contribution in [0.2, 0.25) is 0 Å². The van der Waals surface area contributed by atoms with Crippen LogP contribution in [0, 0.1) is 23.0 Å². The third-order valence-electron chi connectivity index (χ3n) is 4.93. The number of hydrogen-bond donors (Lipinski definition) is 0. The molecule has 138 valence electrons. The Morgan fingerprint density at radius 3 is 2.56 bits per heavy atom. The Hall–Kier alpha value is -3.21. The summed E-state index contributed by atoms with van der Waals surface area (Å²) in [4.78, 5) is 19.1. The summed E-state index contributed by atoms with van der Waals surface area (Å²) in [6.07, 6.45) is 4.36. The van der Waals surface area contributed by atoms with Gasteiger partial charge >= 0.3 is 0 Å². The Bertz CT molecular complexity index is 1140. The fourth-order valence-electron chi connectivity index (χ4n) is 3.62. The maximum Gasteiger partial charge on any atom is 0.278 e. The van der Waals surface area contributed by atoms with E-state index in [2.05, 4.69) is 11.1 Å². The van der Waals surface area contributed by atoms with Gasteiger partial charge in [0.05, 0.1) is 12.0 Å². The number of aromatic nitrogens is 3. The Labute approximate surface area is 153 Å². The summed E-state index contributed by atoms with van der Waals surface area (Å²) in [6, 6.07) is 5.61. The lowest BCUT2D eigenvalue weighted by atomic mass is 10.1. The van der Waals surface area contributed by atoms with Gasteiger partial charge in [-0.2, -0.15) is 5.26 Å². The van der Waals surface area contributed by atoms with Crippen molar-refractivity contribution in [3.05, 3.63) is 52.1 Å². The summed E-state index contributed by atoms with van der Waals surface area (Å²) in [6.45, 7) is 1.43. The third kappa shape index (κ3) is 2.67. The Morgan fingerprint density at radius 1 is 1.15 bits per heavy atom. The Morgan fingerprint density at radius 2 is 1.89 bits per heavy atom. The van der Waals surface area contributed by atoms with E-state index in [0.29, 0.717) is 5.82 Å². The molecule has 1 aliphatic rings. The average Bonchev–Trinajstić information content (AvgIpc) is 3.02. The molecule has 0 unspecified atom stereocenters. The SMILES string of the molecule is Cn1cnc2c(C#N)c(N3CCCCC3)n(-c3ccc(F)c(F)c3)c2c1=O. The van der Waals surface area contributed by atoms with Crippen LogP contribution in [-0.4, -0.2) is 27.2 Å². The molecule has 2 aromatic heterocycles. The van der Waals surface area contributed by atoms with Crippen LogP contribution in [0.15, 0.2) is 29.3 Å². The number of halogens is 2. The highest BCUT2D eigenvalue weighted by Crippen LogP contribution is 2.34. The van der Waals surface area contributed by atoms with Gasteiger partial charge in [0.2, 0.25) is 0 Å². The predicted octanol–water partition coefficient (Wildman–Crippen LogP) is 2.86. The monoisotopic (exact) mass is 369 g/mol. The van der Waals surface area contributed by atoms with E-state index >= 15 is 0 Å². The van der Waals surface area contributed by atoms with E-state index in [-0.39, 0.29) is 27.8 Å². The highest BCUT2D eigenvalue weighted by atomic mass is 19.2. The average molecular weight is 369 g/mol. The summed E-state index contributed by atoms with van der Waals surface area (Å²) in [7, 11) is 1.56. The van der Waals surface area contributed by atoms with Gasteiger partial charge in [-0.3, -0.25) is 9.36 Å². The van der Waals surface area contributed by atoms with E-state index in [1.807, 2.05) is 4.90 Å². The fourth-order valence-corrected chi connectivity index (χ4v) is 3.62. The first-order chi connectivity index (χ1) is 13.0. The largest absolute Gasteiger partial charge is 0.357 e. The molecule has 6 nitrogen and oxygen atoms in total. The lowest BCUT2D eigenvalue weighted by Gasteiger charge is -2.30. The minimum absolute atomic E-state index is 0.183. The van der Waals surface area contributed by atoms with Crippen LogP contribution >= 0.6 is 0 Å². The quantitative estimate of drug-likeness (QED) is 0.697. The molecule has 0 radical (unpaired) electrons. The number of nitrogens with zero attached hydrogens (tertiary/aromatic N) is 5. The summed E-state index contributed by atoms with van der Waals surface area (Å²) in [5.74, 6) is -1.48. The molecule has 0 saturated carbocycles. The fraction of sp³-hybridized carbons (Fsp3) is 0.316. The number of hydrogen-bond acceptors (Lipinski definition) is 4. The molecule has 1 aromatic carbocycles. The summed E-state index contributed by atoms with van der Waals surface area (Å²) < 4.78 is 30.3. The molecule has 8 heteroatoms. The smallest absolute Gasteiger partial charge is 0.278 e. The summed E-state index contributed by atoms with van der Waals surface area (Å²) in [5.41, 5.74) is 0.652. The minimum Gasteiger partial charge on any atom is -0.357 e. The van der Waals surface area contributed by atoms with Crippen LogP contribution in [0.3, 0.4) is 0 Å². The second kappa shape index (κ2) is 6.50. The first-order valence-electron chi connectivity index (χ1n) is 8.73. The molecule has 1 aliphatic heterocycles. The van der Waals surface area contributed by atoms with Crippen LogP contribution in [0.4, 0.5) is 14.6 Å². The van der Waals surface area contributed by atoms with Crippen LogP contribution in [-0.2, 0) is 7.05 Å². The minimum atomic E-state index is -1.02. The molecule has 0 spiro atoms. The van der Waals surface area contributed by atoms with Crippen molar-refractivity contribution in [3.8, 4) is 11.8 Å². The van der Waals surface area contributed by atoms with Crippen LogP contribution < -0.4 is 10.5 Å². The zero-order valence-corrected chi connectivity index (χ0v) is 14.7. The van der Waals surface area contributed by atoms with Gasteiger partial charge in [-0.15, -0.1) is 0 Å². The molecule has 0 atom stereocenters. The number of anilines is 1. The molecule has 0 aliphatic carbocycles. The maximum absolute atomic E-state index is 13.9. The molecular weight excluding hydrogens is 352 g/mol. The molecule has 27 heavy (non-hydrogen) atoms. The molecule has 0 amide bonds. The van der Waals surface area contributed by atoms with Crippen molar-refractivity contribution in [1.29, 1.82) is 5.26 Å². The lowest BCUT2D eigenvalue weighted by molar-refractivity contribution is 0.508. The highest BCUT2D eigenvalue weighted by Gasteiger charge is 2.27. The van der Waals surface area contributed by atoms with E-state index in [1.165, 1.54) is 21.5 Å². The van der Waals surface area contributed by atoms with Gasteiger partial charge in [0.25, 0.3) is 5.56 Å². The molecule has 0 bridgehead atoms. The van der Waals surface area contributed by atoms with E-state index in [4.69, 9.17) is 0 Å². The standard InChI is InChI=1S/C19H17F2N5O/c1-24-11-23-16-13(10-22)18(25-7-3-2-4-8-25)26(17(16)19(24)27)12-5-6-14(20)15(21)9-12/h5-6,9,11H,2-4,7-8H2,1H3. The zero-order valence-electron chi connectivity index (χ0n) is 14.7. The number of nitriles is 1. The molecule has 1 fully saturated rings. The molecular formula is C19H17F2N5O. The second-order valence-electron chi connectivity index (χ2n) is 6.65. The predicted molar refractivity (Wildman–Crippen MR) is 97.0 cm³/mol. The van der Waals surface area contributed by atoms with E-state index in [9.17, 15) is 18.8 Å². The first kappa shape index (κ1) is 17.2. The van der Waals surface area contributed by atoms with Gasteiger partial charge in [-0.05, 0) is 31.4 Å². The first-order valence-corrected chi connectivity index (χ1v) is 8.73. The van der Waals surface area contributed by atoms with Crippen molar-refractivity contribution in [2.24, 2.45) is 7.05 Å². The second-order valence-corrected chi connectivity index (χ2v) is 6.65. The topological polar surface area (TPSA) is 66.8 Å². The Balaban J connectivity index is 2.13. The van der Waals surface area contributed by atoms with Gasteiger partial charge in [0.1, 0.15) is 28.5 Å². The van der Waals surface area contributed by atoms with Crippen LogP contribution in [0.25, 0.3) is 16.7 Å². The zero-order chi connectivity index (χ0) is 19.1. The normalized spacial score (nSPS) is 14.5. The molecule has 1 saturated heterocycles. The summed E-state index contributed by atoms with van der Waals surface area (Å²) >= 11 is 0. The van der Waals surface area contributed by atoms with Crippen molar-refractivity contribution < 1.29 is 8.78 Å². The number of aryl methyl sites for hydroxylation is 1. The van der Waals surface area contributed by atoms with Gasteiger partial charge in [-0.25, -0.2) is 13.8 Å².